The van der Waals surface area contributed by atoms with Crippen LogP contribution in [0.2, 0.25) is 0 Å². The van der Waals surface area contributed by atoms with Crippen LogP contribution >= 0.6 is 0 Å². The van der Waals surface area contributed by atoms with Gasteiger partial charge in [-0.05, 0) is 61.4 Å². The van der Waals surface area contributed by atoms with Gasteiger partial charge in [0.2, 0.25) is 17.2 Å². The number of hydrogen-bond donors (Lipinski definition) is 4. The number of carbonyl (C=O) groups is 4. The number of likely N-dealkylation sites (tertiary alicyclic amines) is 1. The number of fused-ring (bicyclic) bond motifs is 3. The van der Waals surface area contributed by atoms with Crippen LogP contribution in [0.4, 0.5) is 18.4 Å². The number of halogens is 2. The third-order valence-electron chi connectivity index (χ3n) is 10.5. The van der Waals surface area contributed by atoms with E-state index in [0.29, 0.717) is 52.5 Å². The molecule has 4 amide bonds. The number of H-pyrrole nitrogens is 2. The first-order valence-corrected chi connectivity index (χ1v) is 19.4. The van der Waals surface area contributed by atoms with Crippen molar-refractivity contribution in [2.45, 2.75) is 58.4 Å². The summed E-state index contributed by atoms with van der Waals surface area (Å²) in [7, 11) is 2.41. The second kappa shape index (κ2) is 17.2. The van der Waals surface area contributed by atoms with Crippen LogP contribution in [0.5, 0.6) is 0 Å². The van der Waals surface area contributed by atoms with Gasteiger partial charge in [0.15, 0.2) is 11.4 Å². The Morgan fingerprint density at radius 1 is 0.950 bits per heavy atom. The van der Waals surface area contributed by atoms with E-state index in [4.69, 9.17) is 4.42 Å². The molecule has 1 aliphatic heterocycles. The number of hydrogen-bond acceptors (Lipinski definition) is 10. The molecule has 0 bridgehead atoms. The van der Waals surface area contributed by atoms with Crippen molar-refractivity contribution in [2.24, 2.45) is 5.92 Å². The molecule has 1 saturated heterocycles. The number of nitrogens with zero attached hydrogens (tertiary/aromatic N) is 4. The summed E-state index contributed by atoms with van der Waals surface area (Å²) in [5.74, 6) is -0.887. The molecule has 1 aliphatic rings. The predicted molar refractivity (Wildman–Crippen MR) is 217 cm³/mol. The summed E-state index contributed by atoms with van der Waals surface area (Å²) in [4.78, 5) is 82.2. The molecule has 0 aliphatic carbocycles. The number of alkyl carbamates (subject to hydrolysis) is 2. The van der Waals surface area contributed by atoms with Crippen molar-refractivity contribution >= 4 is 56.7 Å². The number of alkyl halides is 1. The molecule has 3 atom stereocenters. The average Bonchev–Trinajstić information content (AvgIpc) is 4.03. The monoisotopic (exact) mass is 826 g/mol. The van der Waals surface area contributed by atoms with E-state index in [-0.39, 0.29) is 64.8 Å². The molecule has 314 valence electrons. The van der Waals surface area contributed by atoms with Gasteiger partial charge in [-0.15, -0.1) is 0 Å². The normalized spacial score (nSPS) is 15.1. The molecule has 3 aromatic carbocycles. The van der Waals surface area contributed by atoms with Crippen molar-refractivity contribution in [1.29, 1.82) is 0 Å². The molecule has 0 saturated carbocycles. The lowest BCUT2D eigenvalue weighted by Gasteiger charge is -2.29. The molecule has 7 rings (SSSR count). The van der Waals surface area contributed by atoms with Crippen LogP contribution < -0.4 is 16.1 Å². The zero-order chi connectivity index (χ0) is 42.8. The Morgan fingerprint density at radius 3 is 2.40 bits per heavy atom. The highest BCUT2D eigenvalue weighted by atomic mass is 19.1. The second-order valence-electron chi connectivity index (χ2n) is 15.0. The molecule has 0 radical (unpaired) electrons. The Kier molecular flexibility index (Phi) is 11.8. The summed E-state index contributed by atoms with van der Waals surface area (Å²) >= 11 is 0. The largest absolute Gasteiger partial charge is 0.453 e. The summed E-state index contributed by atoms with van der Waals surface area (Å²) in [6.07, 6.45) is 1.73. The number of rotatable bonds is 12. The molecule has 0 spiro atoms. The van der Waals surface area contributed by atoms with Crippen LogP contribution in [0.3, 0.4) is 0 Å². The van der Waals surface area contributed by atoms with Gasteiger partial charge in [0.05, 0.1) is 67.9 Å². The zero-order valence-corrected chi connectivity index (χ0v) is 33.6. The summed E-state index contributed by atoms with van der Waals surface area (Å²) in [6.45, 7) is 4.78. The fourth-order valence-corrected chi connectivity index (χ4v) is 7.52. The molecule has 3 aromatic heterocycles. The Hall–Kier alpha value is -6.85. The smallest absolute Gasteiger partial charge is 0.407 e. The number of amides is 4. The zero-order valence-electron chi connectivity index (χ0n) is 33.6. The van der Waals surface area contributed by atoms with E-state index in [9.17, 15) is 28.4 Å². The number of ether oxygens (including phenoxy) is 2. The SMILES string of the molecule is COC(=O)NCC(=O)N1CCC[C@H]1c1ncc(-c2ccc3c(F)c4oc5ccc(-c6cnc(CN(C[C@@H](C)F)C(=O)[C@@H](NC(=O)OC)C(C)C)[nH]6)cc5c(=O)c4cc3c2)[nH]1. The molecule has 0 unspecified atom stereocenters. The third-order valence-corrected chi connectivity index (χ3v) is 10.5. The van der Waals surface area contributed by atoms with Crippen molar-refractivity contribution in [3.8, 4) is 22.5 Å². The van der Waals surface area contributed by atoms with E-state index in [0.717, 1.165) is 6.42 Å². The Morgan fingerprint density at radius 2 is 1.67 bits per heavy atom. The lowest BCUT2D eigenvalue weighted by molar-refractivity contribution is -0.136. The Labute approximate surface area is 341 Å². The van der Waals surface area contributed by atoms with Crippen LogP contribution in [-0.2, 0) is 25.6 Å². The first-order chi connectivity index (χ1) is 28.8. The lowest BCUT2D eigenvalue weighted by atomic mass is 10.0. The number of carbonyl (C=O) groups excluding carboxylic acids is 4. The number of imidazole rings is 2. The quantitative estimate of drug-likeness (QED) is 0.104. The summed E-state index contributed by atoms with van der Waals surface area (Å²) < 4.78 is 45.6. The van der Waals surface area contributed by atoms with Gasteiger partial charge in [-0.1, -0.05) is 26.0 Å². The molecule has 4 N–H and O–H groups in total. The predicted octanol–water partition coefficient (Wildman–Crippen LogP) is 6.11. The molecule has 4 heterocycles. The van der Waals surface area contributed by atoms with Crippen LogP contribution in [0.15, 0.2) is 64.1 Å². The molecule has 60 heavy (non-hydrogen) atoms. The van der Waals surface area contributed by atoms with E-state index in [1.54, 1.807) is 67.4 Å². The minimum absolute atomic E-state index is 0.0350. The molecule has 6 aromatic rings. The van der Waals surface area contributed by atoms with Gasteiger partial charge >= 0.3 is 12.2 Å². The van der Waals surface area contributed by atoms with Crippen LogP contribution in [0.1, 0.15) is 51.3 Å². The van der Waals surface area contributed by atoms with Crippen molar-refractivity contribution in [2.75, 3.05) is 33.9 Å². The van der Waals surface area contributed by atoms with Crippen molar-refractivity contribution in [3.05, 3.63) is 82.5 Å². The number of methoxy groups -OCH3 is 2. The summed E-state index contributed by atoms with van der Waals surface area (Å²) in [6, 6.07) is 10.2. The van der Waals surface area contributed by atoms with Crippen LogP contribution in [0, 0.1) is 11.7 Å². The maximum absolute atomic E-state index is 16.1. The van der Waals surface area contributed by atoms with Gasteiger partial charge in [0.25, 0.3) is 0 Å². The summed E-state index contributed by atoms with van der Waals surface area (Å²) in [5.41, 5.74) is 1.87. The summed E-state index contributed by atoms with van der Waals surface area (Å²) in [5, 5.41) is 5.86. The van der Waals surface area contributed by atoms with Gasteiger partial charge in [0.1, 0.15) is 36.0 Å². The second-order valence-corrected chi connectivity index (χ2v) is 15.0. The maximum atomic E-state index is 16.1. The molecular weight excluding hydrogens is 783 g/mol. The highest BCUT2D eigenvalue weighted by Gasteiger charge is 2.33. The number of aromatic amines is 2. The van der Waals surface area contributed by atoms with Crippen molar-refractivity contribution in [1.82, 2.24) is 40.4 Å². The minimum atomic E-state index is -1.37. The maximum Gasteiger partial charge on any atom is 0.407 e. The van der Waals surface area contributed by atoms with E-state index in [2.05, 4.69) is 40.0 Å². The first kappa shape index (κ1) is 41.3. The molecule has 18 heteroatoms. The van der Waals surface area contributed by atoms with Crippen LogP contribution in [-0.4, -0.2) is 99.8 Å². The highest BCUT2D eigenvalue weighted by molar-refractivity contribution is 6.01. The van der Waals surface area contributed by atoms with Gasteiger partial charge in [0, 0.05) is 23.1 Å². The fourth-order valence-electron chi connectivity index (χ4n) is 7.52. The van der Waals surface area contributed by atoms with Crippen molar-refractivity contribution in [3.63, 3.8) is 0 Å². The van der Waals surface area contributed by atoms with E-state index < -0.39 is 41.6 Å². The van der Waals surface area contributed by atoms with Gasteiger partial charge in [-0.2, -0.15) is 0 Å². The van der Waals surface area contributed by atoms with E-state index >= 15 is 4.39 Å². The van der Waals surface area contributed by atoms with Gasteiger partial charge in [-0.25, -0.2) is 28.3 Å². The highest BCUT2D eigenvalue weighted by Crippen LogP contribution is 2.34. The van der Waals surface area contributed by atoms with E-state index in [1.807, 2.05) is 0 Å². The third kappa shape index (κ3) is 8.35. The lowest BCUT2D eigenvalue weighted by Crippen LogP contribution is -2.52. The number of aromatic nitrogens is 4. The number of benzene rings is 3. The molecule has 16 nitrogen and oxygen atoms in total. The molecule has 1 fully saturated rings. The fraction of sp³-hybridized carbons (Fsp3) is 0.357. The van der Waals surface area contributed by atoms with Gasteiger partial charge in [-0.3, -0.25) is 14.4 Å². The Balaban J connectivity index is 1.16. The molecular formula is C42H44F2N8O8. The van der Waals surface area contributed by atoms with E-state index in [1.165, 1.54) is 32.2 Å². The topological polar surface area (TPSA) is 205 Å². The van der Waals surface area contributed by atoms with Crippen LogP contribution in [0.25, 0.3) is 55.2 Å². The minimum Gasteiger partial charge on any atom is -0.453 e. The number of nitrogens with one attached hydrogen (secondary N) is 4. The Bertz CT molecular complexity index is 2670. The average molecular weight is 827 g/mol. The first-order valence-electron chi connectivity index (χ1n) is 19.4. The standard InChI is InChI=1S/C42H44F2N8O8/c1-21(2)36(50-42(57)59-5)40(55)51(19-22(3)43)20-33-45-16-29(48-33)24-9-11-32-27(14-24)37(54)28-15-25-13-23(8-10-26(25)35(44)38(28)60-32)30-17-46-39(49-30)31-7-6-12-52(31)34(53)18-47-41(56)58-4/h8-11,13-17,21-22,31,36H,6-7,12,18-20H2,1-5H3,(H,45,48)(H,46,49)(H,47,56)(H,50,57)/t22-,31+,36+/m1/s1. The van der Waals surface area contributed by atoms with Gasteiger partial charge < -0.3 is 44.3 Å². The van der Waals surface area contributed by atoms with Crippen molar-refractivity contribution < 1.29 is 41.8 Å².